The molecule has 0 saturated heterocycles. The maximum absolute atomic E-state index is 12.3. The van der Waals surface area contributed by atoms with Gasteiger partial charge in [-0.1, -0.05) is 26.7 Å². The number of hydrogen-bond acceptors (Lipinski definition) is 2. The lowest BCUT2D eigenvalue weighted by atomic mass is 10.1. The van der Waals surface area contributed by atoms with Crippen LogP contribution in [0.5, 0.6) is 0 Å². The Kier molecular flexibility index (Phi) is 7.80. The van der Waals surface area contributed by atoms with Crippen LogP contribution in [-0.4, -0.2) is 34.9 Å². The average molecular weight is 271 g/mol. The van der Waals surface area contributed by atoms with Crippen LogP contribution in [0.3, 0.4) is 0 Å². The molecule has 1 aliphatic carbocycles. The van der Waals surface area contributed by atoms with Gasteiger partial charge in [-0.25, -0.2) is 0 Å². The Morgan fingerprint density at radius 2 is 2.00 bits per heavy atom. The van der Waals surface area contributed by atoms with Gasteiger partial charge in [-0.15, -0.1) is 0 Å². The van der Waals surface area contributed by atoms with E-state index in [1.165, 1.54) is 37.2 Å². The van der Waals surface area contributed by atoms with Crippen LogP contribution in [0.2, 0.25) is 0 Å². The molecule has 1 unspecified atom stereocenters. The fourth-order valence-electron chi connectivity index (χ4n) is 2.77. The van der Waals surface area contributed by atoms with Crippen molar-refractivity contribution in [3.8, 4) is 0 Å². The quantitative estimate of drug-likeness (QED) is 0.666. The molecule has 1 aliphatic rings. The molecule has 0 radical (unpaired) electrons. The van der Waals surface area contributed by atoms with E-state index in [1.54, 1.807) is 0 Å². The molecule has 0 heterocycles. The van der Waals surface area contributed by atoms with Gasteiger partial charge in [0.1, 0.15) is 0 Å². The van der Waals surface area contributed by atoms with Crippen LogP contribution in [-0.2, 0) is 4.79 Å². The molecule has 0 bridgehead atoms. The van der Waals surface area contributed by atoms with Crippen molar-refractivity contribution in [3.63, 3.8) is 0 Å². The number of nitrogens with zero attached hydrogens (tertiary/aromatic N) is 1. The fourth-order valence-corrected chi connectivity index (χ4v) is 3.57. The van der Waals surface area contributed by atoms with E-state index >= 15 is 0 Å². The van der Waals surface area contributed by atoms with E-state index in [4.69, 9.17) is 0 Å². The molecule has 1 fully saturated rings. The summed E-state index contributed by atoms with van der Waals surface area (Å²) in [4.78, 5) is 14.4. The van der Waals surface area contributed by atoms with E-state index in [0.717, 1.165) is 19.4 Å². The van der Waals surface area contributed by atoms with Crippen LogP contribution >= 0.6 is 11.8 Å². The molecule has 1 rings (SSSR count). The number of carbonyl (C=O) groups is 1. The maximum atomic E-state index is 12.3. The standard InChI is InChI=1S/C15H29NOS/c1-4-16(14-8-6-7-9-14)15(17)11-10-13(3)12-18-5-2/h13-14H,4-12H2,1-3H3. The van der Waals surface area contributed by atoms with E-state index in [-0.39, 0.29) is 0 Å². The lowest BCUT2D eigenvalue weighted by molar-refractivity contribution is -0.133. The van der Waals surface area contributed by atoms with E-state index in [2.05, 4.69) is 25.7 Å². The van der Waals surface area contributed by atoms with E-state index < -0.39 is 0 Å². The molecule has 106 valence electrons. The predicted molar refractivity (Wildman–Crippen MR) is 81.0 cm³/mol. The minimum atomic E-state index is 0.387. The molecule has 0 aromatic heterocycles. The third-order valence-electron chi connectivity index (χ3n) is 3.88. The van der Waals surface area contributed by atoms with Crippen molar-refractivity contribution in [1.29, 1.82) is 0 Å². The summed E-state index contributed by atoms with van der Waals surface area (Å²) in [5.74, 6) is 3.43. The first-order chi connectivity index (χ1) is 8.69. The summed E-state index contributed by atoms with van der Waals surface area (Å²) in [6, 6.07) is 0.544. The van der Waals surface area contributed by atoms with Gasteiger partial charge in [0.05, 0.1) is 0 Å². The van der Waals surface area contributed by atoms with E-state index in [0.29, 0.717) is 17.9 Å². The first-order valence-corrected chi connectivity index (χ1v) is 8.71. The Hall–Kier alpha value is -0.180. The second kappa shape index (κ2) is 8.84. The highest BCUT2D eigenvalue weighted by Gasteiger charge is 2.25. The van der Waals surface area contributed by atoms with Crippen molar-refractivity contribution in [2.75, 3.05) is 18.1 Å². The van der Waals surface area contributed by atoms with Gasteiger partial charge in [0.15, 0.2) is 0 Å². The summed E-state index contributed by atoms with van der Waals surface area (Å²) >= 11 is 1.98. The lowest BCUT2D eigenvalue weighted by Crippen LogP contribution is -2.38. The van der Waals surface area contributed by atoms with Crippen molar-refractivity contribution in [2.45, 2.75) is 65.3 Å². The number of carbonyl (C=O) groups excluding carboxylic acids is 1. The predicted octanol–water partition coefficient (Wildman–Crippen LogP) is 3.95. The third-order valence-corrected chi connectivity index (χ3v) is 5.10. The molecule has 18 heavy (non-hydrogen) atoms. The van der Waals surface area contributed by atoms with Crippen LogP contribution < -0.4 is 0 Å². The molecule has 1 saturated carbocycles. The van der Waals surface area contributed by atoms with Crippen molar-refractivity contribution in [2.24, 2.45) is 5.92 Å². The highest BCUT2D eigenvalue weighted by Crippen LogP contribution is 2.24. The minimum absolute atomic E-state index is 0.387. The summed E-state index contributed by atoms with van der Waals surface area (Å²) in [5, 5.41) is 0. The highest BCUT2D eigenvalue weighted by molar-refractivity contribution is 7.99. The van der Waals surface area contributed by atoms with Gasteiger partial charge in [-0.05, 0) is 43.6 Å². The summed E-state index contributed by atoms with van der Waals surface area (Å²) in [6.45, 7) is 7.47. The highest BCUT2D eigenvalue weighted by atomic mass is 32.2. The number of rotatable bonds is 8. The van der Waals surface area contributed by atoms with Crippen molar-refractivity contribution >= 4 is 17.7 Å². The third kappa shape index (κ3) is 5.21. The molecular weight excluding hydrogens is 242 g/mol. The Balaban J connectivity index is 2.28. The molecule has 0 aliphatic heterocycles. The fraction of sp³-hybridized carbons (Fsp3) is 0.933. The van der Waals surface area contributed by atoms with Crippen molar-refractivity contribution < 1.29 is 4.79 Å². The lowest BCUT2D eigenvalue weighted by Gasteiger charge is -2.28. The largest absolute Gasteiger partial charge is 0.340 e. The SMILES string of the molecule is CCSCC(C)CCC(=O)N(CC)C1CCCC1. The Morgan fingerprint density at radius 3 is 2.56 bits per heavy atom. The second-order valence-corrected chi connectivity index (χ2v) is 6.74. The molecule has 2 nitrogen and oxygen atoms in total. The normalized spacial score (nSPS) is 17.9. The zero-order valence-corrected chi connectivity index (χ0v) is 13.1. The molecule has 0 aromatic carbocycles. The molecule has 1 amide bonds. The number of thioether (sulfide) groups is 1. The molecule has 0 spiro atoms. The summed E-state index contributed by atoms with van der Waals surface area (Å²) in [5.41, 5.74) is 0. The first-order valence-electron chi connectivity index (χ1n) is 7.56. The minimum Gasteiger partial charge on any atom is -0.340 e. The van der Waals surface area contributed by atoms with Crippen LogP contribution in [0, 0.1) is 5.92 Å². The Bertz CT molecular complexity index is 239. The average Bonchev–Trinajstić information content (AvgIpc) is 2.88. The number of hydrogen-bond donors (Lipinski definition) is 0. The smallest absolute Gasteiger partial charge is 0.222 e. The molecule has 0 aromatic rings. The van der Waals surface area contributed by atoms with Gasteiger partial charge in [0.2, 0.25) is 5.91 Å². The molecule has 3 heteroatoms. The van der Waals surface area contributed by atoms with Gasteiger partial charge >= 0.3 is 0 Å². The molecule has 0 N–H and O–H groups in total. The first kappa shape index (κ1) is 15.9. The van der Waals surface area contributed by atoms with Crippen molar-refractivity contribution in [1.82, 2.24) is 4.90 Å². The molecular formula is C15H29NOS. The topological polar surface area (TPSA) is 20.3 Å². The zero-order valence-electron chi connectivity index (χ0n) is 12.3. The van der Waals surface area contributed by atoms with Gasteiger partial charge in [0, 0.05) is 19.0 Å². The van der Waals surface area contributed by atoms with Gasteiger partial charge in [0.25, 0.3) is 0 Å². The van der Waals surface area contributed by atoms with Crippen LogP contribution in [0.4, 0.5) is 0 Å². The summed E-state index contributed by atoms with van der Waals surface area (Å²) in [6.07, 6.45) is 6.85. The monoisotopic (exact) mass is 271 g/mol. The van der Waals surface area contributed by atoms with E-state index in [9.17, 15) is 4.79 Å². The summed E-state index contributed by atoms with van der Waals surface area (Å²) in [7, 11) is 0. The van der Waals surface area contributed by atoms with Gasteiger partial charge in [-0.2, -0.15) is 11.8 Å². The zero-order chi connectivity index (χ0) is 13.4. The van der Waals surface area contributed by atoms with Crippen LogP contribution in [0.1, 0.15) is 59.3 Å². The van der Waals surface area contributed by atoms with Gasteiger partial charge < -0.3 is 4.90 Å². The second-order valence-electron chi connectivity index (χ2n) is 5.42. The van der Waals surface area contributed by atoms with Crippen LogP contribution in [0.15, 0.2) is 0 Å². The Labute approximate surface area is 117 Å². The summed E-state index contributed by atoms with van der Waals surface area (Å²) < 4.78 is 0. The maximum Gasteiger partial charge on any atom is 0.222 e. The van der Waals surface area contributed by atoms with E-state index in [1.807, 2.05) is 11.8 Å². The van der Waals surface area contributed by atoms with Gasteiger partial charge in [-0.3, -0.25) is 4.79 Å². The number of amides is 1. The van der Waals surface area contributed by atoms with Crippen molar-refractivity contribution in [3.05, 3.63) is 0 Å². The Morgan fingerprint density at radius 1 is 1.33 bits per heavy atom. The van der Waals surface area contributed by atoms with Crippen LogP contribution in [0.25, 0.3) is 0 Å². The molecule has 1 atom stereocenters.